The topological polar surface area (TPSA) is 37.4 Å². The van der Waals surface area contributed by atoms with E-state index in [1.54, 1.807) is 0 Å². The fourth-order valence-electron chi connectivity index (χ4n) is 2.28. The van der Waals surface area contributed by atoms with Crippen LogP contribution in [0.5, 0.6) is 0 Å². The highest BCUT2D eigenvalue weighted by Gasteiger charge is 2.36. The first-order valence-corrected chi connectivity index (χ1v) is 6.44. The average molecular weight is 239 g/mol. The highest BCUT2D eigenvalue weighted by atomic mass is 16.2. The maximum atomic E-state index is 12.2. The second-order valence-electron chi connectivity index (χ2n) is 6.88. The highest BCUT2D eigenvalue weighted by molar-refractivity contribution is 5.85. The first kappa shape index (κ1) is 14.2. The number of ketones is 1. The predicted octanol–water partition coefficient (Wildman–Crippen LogP) is 2.78. The standard InChI is InChI=1S/C14H25NO2/c1-13(2,3)8-6-12(17)15-9-7-11(16)10-14(15,4)5/h6-10H2,1-5H3. The Morgan fingerprint density at radius 1 is 1.35 bits per heavy atom. The Bertz CT molecular complexity index is 313. The third kappa shape index (κ3) is 4.14. The molecule has 0 aliphatic carbocycles. The smallest absolute Gasteiger partial charge is 0.223 e. The summed E-state index contributed by atoms with van der Waals surface area (Å²) in [5, 5.41) is 0. The second-order valence-corrected chi connectivity index (χ2v) is 6.88. The van der Waals surface area contributed by atoms with Crippen molar-refractivity contribution in [1.29, 1.82) is 0 Å². The third-order valence-corrected chi connectivity index (χ3v) is 3.36. The van der Waals surface area contributed by atoms with Crippen LogP contribution in [0.2, 0.25) is 0 Å². The van der Waals surface area contributed by atoms with Crippen molar-refractivity contribution in [3.63, 3.8) is 0 Å². The largest absolute Gasteiger partial charge is 0.337 e. The van der Waals surface area contributed by atoms with Crippen molar-refractivity contribution in [2.75, 3.05) is 6.54 Å². The van der Waals surface area contributed by atoms with Gasteiger partial charge in [-0.15, -0.1) is 0 Å². The van der Waals surface area contributed by atoms with E-state index in [0.29, 0.717) is 25.8 Å². The highest BCUT2D eigenvalue weighted by Crippen LogP contribution is 2.28. The number of carbonyl (C=O) groups is 2. The number of likely N-dealkylation sites (tertiary alicyclic amines) is 1. The van der Waals surface area contributed by atoms with Gasteiger partial charge in [-0.05, 0) is 25.7 Å². The number of amides is 1. The van der Waals surface area contributed by atoms with Gasteiger partial charge >= 0.3 is 0 Å². The molecule has 0 bridgehead atoms. The number of rotatable bonds is 2. The molecule has 1 saturated heterocycles. The maximum Gasteiger partial charge on any atom is 0.223 e. The molecule has 0 N–H and O–H groups in total. The fraction of sp³-hybridized carbons (Fsp3) is 0.857. The predicted molar refractivity (Wildman–Crippen MR) is 68.7 cm³/mol. The quantitative estimate of drug-likeness (QED) is 0.743. The minimum atomic E-state index is -0.301. The number of hydrogen-bond donors (Lipinski definition) is 0. The van der Waals surface area contributed by atoms with E-state index in [0.717, 1.165) is 6.42 Å². The summed E-state index contributed by atoms with van der Waals surface area (Å²) in [6.45, 7) is 11.0. The Labute approximate surface area is 105 Å². The molecule has 0 aromatic rings. The van der Waals surface area contributed by atoms with Crippen molar-refractivity contribution in [1.82, 2.24) is 4.90 Å². The molecule has 1 heterocycles. The van der Waals surface area contributed by atoms with Gasteiger partial charge in [0.2, 0.25) is 5.91 Å². The molecule has 0 atom stereocenters. The normalized spacial score (nSPS) is 20.5. The number of nitrogens with zero attached hydrogens (tertiary/aromatic N) is 1. The lowest BCUT2D eigenvalue weighted by Gasteiger charge is -2.42. The molecular weight excluding hydrogens is 214 g/mol. The van der Waals surface area contributed by atoms with Crippen LogP contribution >= 0.6 is 0 Å². The van der Waals surface area contributed by atoms with Crippen LogP contribution in [-0.2, 0) is 9.59 Å². The molecule has 1 fully saturated rings. The molecule has 0 aromatic carbocycles. The van der Waals surface area contributed by atoms with Crippen LogP contribution in [0.1, 0.15) is 60.3 Å². The van der Waals surface area contributed by atoms with E-state index in [1.165, 1.54) is 0 Å². The fourth-order valence-corrected chi connectivity index (χ4v) is 2.28. The van der Waals surface area contributed by atoms with Gasteiger partial charge in [-0.2, -0.15) is 0 Å². The van der Waals surface area contributed by atoms with Gasteiger partial charge in [-0.1, -0.05) is 20.8 Å². The average Bonchev–Trinajstić information content (AvgIpc) is 2.11. The third-order valence-electron chi connectivity index (χ3n) is 3.36. The van der Waals surface area contributed by atoms with E-state index in [9.17, 15) is 9.59 Å². The molecule has 0 saturated carbocycles. The van der Waals surface area contributed by atoms with E-state index >= 15 is 0 Å². The zero-order chi connectivity index (χ0) is 13.3. The van der Waals surface area contributed by atoms with Crippen LogP contribution in [0.4, 0.5) is 0 Å². The number of hydrogen-bond acceptors (Lipinski definition) is 2. The molecule has 3 nitrogen and oxygen atoms in total. The Morgan fingerprint density at radius 3 is 2.41 bits per heavy atom. The summed E-state index contributed by atoms with van der Waals surface area (Å²) in [6, 6.07) is 0. The van der Waals surface area contributed by atoms with Gasteiger partial charge in [0.25, 0.3) is 0 Å². The molecule has 17 heavy (non-hydrogen) atoms. The van der Waals surface area contributed by atoms with Crippen molar-refractivity contribution in [2.24, 2.45) is 5.41 Å². The second kappa shape index (κ2) is 4.79. The van der Waals surface area contributed by atoms with E-state index in [4.69, 9.17) is 0 Å². The van der Waals surface area contributed by atoms with E-state index in [2.05, 4.69) is 20.8 Å². The first-order chi connectivity index (χ1) is 7.62. The van der Waals surface area contributed by atoms with Crippen LogP contribution in [0.15, 0.2) is 0 Å². The van der Waals surface area contributed by atoms with E-state index in [-0.39, 0.29) is 22.6 Å². The van der Waals surface area contributed by atoms with Crippen molar-refractivity contribution >= 4 is 11.7 Å². The van der Waals surface area contributed by atoms with E-state index in [1.807, 2.05) is 18.7 Å². The number of piperidine rings is 1. The molecule has 3 heteroatoms. The van der Waals surface area contributed by atoms with Gasteiger partial charge in [-0.3, -0.25) is 9.59 Å². The lowest BCUT2D eigenvalue weighted by molar-refractivity contribution is -0.142. The number of Topliss-reactive ketones (excluding diaryl/α,β-unsaturated/α-hetero) is 1. The minimum absolute atomic E-state index is 0.186. The maximum absolute atomic E-state index is 12.2. The van der Waals surface area contributed by atoms with Gasteiger partial charge in [0, 0.05) is 31.3 Å². The van der Waals surface area contributed by atoms with Gasteiger partial charge in [0.1, 0.15) is 5.78 Å². The molecule has 0 unspecified atom stereocenters. The summed E-state index contributed by atoms with van der Waals surface area (Å²) in [5.74, 6) is 0.465. The van der Waals surface area contributed by atoms with Crippen LogP contribution in [0.25, 0.3) is 0 Å². The van der Waals surface area contributed by atoms with Gasteiger partial charge in [-0.25, -0.2) is 0 Å². The minimum Gasteiger partial charge on any atom is -0.337 e. The zero-order valence-corrected chi connectivity index (χ0v) is 11.8. The Kier molecular flexibility index (Phi) is 4.00. The van der Waals surface area contributed by atoms with Gasteiger partial charge in [0.05, 0.1) is 0 Å². The molecule has 1 aliphatic heterocycles. The van der Waals surface area contributed by atoms with Crippen LogP contribution < -0.4 is 0 Å². The summed E-state index contributed by atoms with van der Waals surface area (Å²) < 4.78 is 0. The summed E-state index contributed by atoms with van der Waals surface area (Å²) in [6.07, 6.45) is 2.49. The molecule has 1 rings (SSSR count). The molecule has 1 aliphatic rings. The Balaban J connectivity index is 2.60. The summed E-state index contributed by atoms with van der Waals surface area (Å²) in [4.78, 5) is 25.5. The van der Waals surface area contributed by atoms with Crippen LogP contribution in [-0.4, -0.2) is 28.7 Å². The van der Waals surface area contributed by atoms with Crippen molar-refractivity contribution in [3.05, 3.63) is 0 Å². The van der Waals surface area contributed by atoms with Gasteiger partial charge in [0.15, 0.2) is 0 Å². The van der Waals surface area contributed by atoms with Crippen molar-refractivity contribution in [3.8, 4) is 0 Å². The summed E-state index contributed by atoms with van der Waals surface area (Å²) in [7, 11) is 0. The summed E-state index contributed by atoms with van der Waals surface area (Å²) in [5.41, 5.74) is -0.115. The SMILES string of the molecule is CC(C)(C)CCC(=O)N1CCC(=O)CC1(C)C. The van der Waals surface area contributed by atoms with Crippen molar-refractivity contribution < 1.29 is 9.59 Å². The molecular formula is C14H25NO2. The Morgan fingerprint density at radius 2 is 1.94 bits per heavy atom. The first-order valence-electron chi connectivity index (χ1n) is 6.44. The number of carbonyl (C=O) groups excluding carboxylic acids is 2. The zero-order valence-electron chi connectivity index (χ0n) is 11.8. The molecule has 0 radical (unpaired) electrons. The monoisotopic (exact) mass is 239 g/mol. The van der Waals surface area contributed by atoms with Crippen molar-refractivity contribution in [2.45, 2.75) is 65.8 Å². The van der Waals surface area contributed by atoms with Crippen LogP contribution in [0, 0.1) is 5.41 Å². The molecule has 0 spiro atoms. The molecule has 0 aromatic heterocycles. The van der Waals surface area contributed by atoms with E-state index < -0.39 is 0 Å². The Hall–Kier alpha value is -0.860. The van der Waals surface area contributed by atoms with Crippen LogP contribution in [0.3, 0.4) is 0 Å². The summed E-state index contributed by atoms with van der Waals surface area (Å²) >= 11 is 0. The molecule has 98 valence electrons. The lowest BCUT2D eigenvalue weighted by atomic mass is 9.87. The lowest BCUT2D eigenvalue weighted by Crippen LogP contribution is -2.53. The van der Waals surface area contributed by atoms with Gasteiger partial charge < -0.3 is 4.90 Å². The molecule has 1 amide bonds.